The summed E-state index contributed by atoms with van der Waals surface area (Å²) in [5, 5.41) is 6.19. The number of benzene rings is 1. The molecule has 0 radical (unpaired) electrons. The summed E-state index contributed by atoms with van der Waals surface area (Å²) < 4.78 is 21.7. The molecule has 0 aliphatic carbocycles. The van der Waals surface area contributed by atoms with Crippen LogP contribution in [0.3, 0.4) is 0 Å². The van der Waals surface area contributed by atoms with Gasteiger partial charge in [0.05, 0.1) is 41.3 Å². The molecule has 180 valence electrons. The molecule has 0 spiro atoms. The monoisotopic (exact) mass is 495 g/mol. The Morgan fingerprint density at radius 2 is 2.09 bits per heavy atom. The number of pyridine rings is 2. The average Bonchev–Trinajstić information content (AvgIpc) is 3.42. The Balaban J connectivity index is 1.06. The van der Waals surface area contributed by atoms with Gasteiger partial charge in [-0.2, -0.15) is 0 Å². The van der Waals surface area contributed by atoms with Gasteiger partial charge in [-0.15, -0.1) is 11.8 Å². The molecule has 3 aliphatic heterocycles. The van der Waals surface area contributed by atoms with E-state index in [9.17, 15) is 18.8 Å². The number of carbonyl (C=O) groups excluding carboxylic acids is 2. The number of nitrogens with one attached hydrogen (secondary N) is 2. The van der Waals surface area contributed by atoms with Crippen LogP contribution in [0, 0.1) is 5.82 Å². The van der Waals surface area contributed by atoms with Crippen molar-refractivity contribution in [1.82, 2.24) is 14.9 Å². The number of anilines is 2. The minimum absolute atomic E-state index is 0.0587. The van der Waals surface area contributed by atoms with Crippen molar-refractivity contribution >= 4 is 46.2 Å². The third-order valence-electron chi connectivity index (χ3n) is 6.58. The molecule has 1 fully saturated rings. The minimum Gasteiger partial charge on any atom is -0.444 e. The molecular weight excluding hydrogens is 473 g/mol. The number of fused-ring (bicyclic) bond motifs is 1. The van der Waals surface area contributed by atoms with E-state index in [1.165, 1.54) is 24.0 Å². The number of ether oxygens (including phenoxy) is 1. The second-order valence-corrected chi connectivity index (χ2v) is 9.84. The van der Waals surface area contributed by atoms with Gasteiger partial charge in [-0.25, -0.2) is 9.18 Å². The zero-order chi connectivity index (χ0) is 24.1. The van der Waals surface area contributed by atoms with Crippen molar-refractivity contribution in [2.75, 3.05) is 29.1 Å². The molecule has 11 heteroatoms. The summed E-state index contributed by atoms with van der Waals surface area (Å²) in [5.74, 6) is -0.0974. The number of aromatic nitrogens is 2. The first-order valence-corrected chi connectivity index (χ1v) is 12.4. The maximum atomic E-state index is 14.6. The summed E-state index contributed by atoms with van der Waals surface area (Å²) in [6, 6.07) is 8.32. The van der Waals surface area contributed by atoms with Crippen LogP contribution in [0.4, 0.5) is 20.6 Å². The molecule has 1 unspecified atom stereocenters. The van der Waals surface area contributed by atoms with E-state index in [2.05, 4.69) is 15.6 Å². The second kappa shape index (κ2) is 8.65. The molecule has 0 bridgehead atoms. The summed E-state index contributed by atoms with van der Waals surface area (Å²) in [4.78, 5) is 43.1. The van der Waals surface area contributed by atoms with Crippen LogP contribution in [-0.4, -0.2) is 46.5 Å². The third kappa shape index (κ3) is 3.94. The Labute approximate surface area is 203 Å². The average molecular weight is 496 g/mol. The van der Waals surface area contributed by atoms with E-state index < -0.39 is 11.9 Å². The Morgan fingerprint density at radius 1 is 1.20 bits per heavy atom. The van der Waals surface area contributed by atoms with E-state index in [1.54, 1.807) is 21.6 Å². The van der Waals surface area contributed by atoms with Crippen molar-refractivity contribution in [2.45, 2.75) is 36.4 Å². The van der Waals surface area contributed by atoms with Gasteiger partial charge in [-0.3, -0.25) is 19.5 Å². The van der Waals surface area contributed by atoms with Crippen LogP contribution in [0.2, 0.25) is 0 Å². The van der Waals surface area contributed by atoms with Crippen LogP contribution >= 0.6 is 11.8 Å². The second-order valence-electron chi connectivity index (χ2n) is 8.82. The molecule has 3 aromatic rings. The van der Waals surface area contributed by atoms with Crippen LogP contribution in [0.15, 0.2) is 46.2 Å². The van der Waals surface area contributed by atoms with Crippen LogP contribution in [-0.2, 0) is 16.1 Å². The lowest BCUT2D eigenvalue weighted by Crippen LogP contribution is -2.27. The van der Waals surface area contributed by atoms with Gasteiger partial charge < -0.3 is 19.9 Å². The number of cyclic esters (lactones) is 1. The molecule has 0 saturated carbocycles. The zero-order valence-corrected chi connectivity index (χ0v) is 19.4. The molecule has 2 amide bonds. The van der Waals surface area contributed by atoms with E-state index >= 15 is 0 Å². The molecule has 2 N–H and O–H groups in total. The maximum absolute atomic E-state index is 14.6. The quantitative estimate of drug-likeness (QED) is 0.507. The van der Waals surface area contributed by atoms with Crippen LogP contribution in [0.1, 0.15) is 24.4 Å². The van der Waals surface area contributed by atoms with Gasteiger partial charge in [-0.1, -0.05) is 0 Å². The topological polar surface area (TPSA) is 106 Å². The van der Waals surface area contributed by atoms with E-state index in [1.807, 2.05) is 12.1 Å². The fourth-order valence-electron chi connectivity index (χ4n) is 4.94. The standard InChI is InChI=1S/C24H22FN5O4S/c25-15-9-27-16-4-6-21(32)30-11-18(22(15)23(16)30)26-7-1-2-14-10-29(24(33)34-14)13-3-5-19-17(8-13)28-20(31)12-35-19/h3-6,8-9,14,18,26H,1-2,7,10-12H2,(H,28,31)/t14-,18?/m1/s1. The van der Waals surface area contributed by atoms with Crippen LogP contribution in [0.25, 0.3) is 11.0 Å². The summed E-state index contributed by atoms with van der Waals surface area (Å²) >= 11 is 1.47. The van der Waals surface area contributed by atoms with E-state index in [0.717, 1.165) is 4.90 Å². The van der Waals surface area contributed by atoms with E-state index in [4.69, 9.17) is 4.74 Å². The van der Waals surface area contributed by atoms with E-state index in [-0.39, 0.29) is 23.6 Å². The third-order valence-corrected chi connectivity index (χ3v) is 7.65. The first-order chi connectivity index (χ1) is 17.0. The Kier molecular flexibility index (Phi) is 5.45. The van der Waals surface area contributed by atoms with Gasteiger partial charge in [-0.05, 0) is 43.7 Å². The van der Waals surface area contributed by atoms with Gasteiger partial charge in [0.25, 0.3) is 5.56 Å². The summed E-state index contributed by atoms with van der Waals surface area (Å²) in [5.41, 5.74) is 2.85. The van der Waals surface area contributed by atoms with E-state index in [0.29, 0.717) is 66.2 Å². The zero-order valence-electron chi connectivity index (χ0n) is 18.6. The maximum Gasteiger partial charge on any atom is 0.414 e. The smallest absolute Gasteiger partial charge is 0.414 e. The highest BCUT2D eigenvalue weighted by atomic mass is 32.2. The van der Waals surface area contributed by atoms with Crippen LogP contribution < -0.4 is 21.1 Å². The van der Waals surface area contributed by atoms with Gasteiger partial charge >= 0.3 is 6.09 Å². The summed E-state index contributed by atoms with van der Waals surface area (Å²) in [7, 11) is 0. The van der Waals surface area contributed by atoms with Gasteiger partial charge in [0.1, 0.15) is 11.9 Å². The minimum atomic E-state index is -0.424. The number of nitrogens with zero attached hydrogens (tertiary/aromatic N) is 3. The van der Waals surface area contributed by atoms with Crippen LogP contribution in [0.5, 0.6) is 0 Å². The van der Waals surface area contributed by atoms with Gasteiger partial charge in [0.15, 0.2) is 0 Å². The van der Waals surface area contributed by atoms with Crippen molar-refractivity contribution in [1.29, 1.82) is 0 Å². The SMILES string of the molecule is O=C1CSc2ccc(N3C[C@@H](CCCNC4Cn5c(=O)ccc6ncc(F)c4c65)OC3=O)cc2N1. The predicted molar refractivity (Wildman–Crippen MR) is 129 cm³/mol. The molecule has 2 atom stereocenters. The Morgan fingerprint density at radius 3 is 2.97 bits per heavy atom. The number of rotatable bonds is 6. The van der Waals surface area contributed by atoms with Crippen molar-refractivity contribution < 1.29 is 18.7 Å². The molecule has 2 aromatic heterocycles. The number of hydrogen-bond acceptors (Lipinski definition) is 7. The summed E-state index contributed by atoms with van der Waals surface area (Å²) in [6.45, 7) is 1.35. The largest absolute Gasteiger partial charge is 0.444 e. The molecule has 5 heterocycles. The number of amides is 2. The molecule has 9 nitrogen and oxygen atoms in total. The molecular formula is C24H22FN5O4S. The highest BCUT2D eigenvalue weighted by Crippen LogP contribution is 2.36. The van der Waals surface area contributed by atoms with Gasteiger partial charge in [0.2, 0.25) is 5.91 Å². The number of thioether (sulfide) groups is 1. The van der Waals surface area contributed by atoms with Crippen molar-refractivity contribution in [3.05, 3.63) is 58.3 Å². The molecule has 6 rings (SSSR count). The molecule has 1 saturated heterocycles. The normalized spacial score (nSPS) is 20.8. The lowest BCUT2D eigenvalue weighted by atomic mass is 10.1. The van der Waals surface area contributed by atoms with Crippen molar-refractivity contribution in [3.63, 3.8) is 0 Å². The first-order valence-electron chi connectivity index (χ1n) is 11.4. The Bertz CT molecular complexity index is 1430. The lowest BCUT2D eigenvalue weighted by Gasteiger charge is -2.20. The molecule has 3 aliphatic rings. The fraction of sp³-hybridized carbons (Fsp3) is 0.333. The highest BCUT2D eigenvalue weighted by Gasteiger charge is 2.33. The first kappa shape index (κ1) is 22.1. The number of hydrogen-bond donors (Lipinski definition) is 2. The fourth-order valence-corrected chi connectivity index (χ4v) is 5.73. The lowest BCUT2D eigenvalue weighted by molar-refractivity contribution is -0.113. The van der Waals surface area contributed by atoms with Crippen molar-refractivity contribution in [3.8, 4) is 0 Å². The summed E-state index contributed by atoms with van der Waals surface area (Å²) in [6.07, 6.45) is 1.87. The molecule has 1 aromatic carbocycles. The molecule has 35 heavy (non-hydrogen) atoms. The Hall–Kier alpha value is -3.44. The predicted octanol–water partition coefficient (Wildman–Crippen LogP) is 3.03. The van der Waals surface area contributed by atoms with Gasteiger partial charge in [0, 0.05) is 28.8 Å². The van der Waals surface area contributed by atoms with Crippen molar-refractivity contribution in [2.24, 2.45) is 0 Å². The number of halogens is 1. The number of carbonyl (C=O) groups is 2. The highest BCUT2D eigenvalue weighted by molar-refractivity contribution is 8.00.